The molecule has 0 saturated carbocycles. The third-order valence-corrected chi connectivity index (χ3v) is 3.07. The Morgan fingerprint density at radius 2 is 1.58 bits per heavy atom. The van der Waals surface area contributed by atoms with E-state index in [9.17, 15) is 9.59 Å². The first-order valence-corrected chi connectivity index (χ1v) is 7.69. The van der Waals surface area contributed by atoms with Crippen LogP contribution in [0.4, 0.5) is 10.5 Å². The van der Waals surface area contributed by atoms with E-state index in [1.807, 2.05) is 63.3 Å². The van der Waals surface area contributed by atoms with Crippen molar-refractivity contribution >= 4 is 30.2 Å². The minimum Gasteiger partial charge on any atom is -0.444 e. The molecule has 1 amide bonds. The number of benzene rings is 2. The highest BCUT2D eigenvalue weighted by Gasteiger charge is 2.16. The molecular weight excluding hydrogens is 302 g/mol. The Kier molecular flexibility index (Phi) is 5.53. The van der Waals surface area contributed by atoms with Crippen LogP contribution in [-0.4, -0.2) is 18.0 Å². The third kappa shape index (κ3) is 5.72. The van der Waals surface area contributed by atoms with Crippen molar-refractivity contribution in [1.29, 1.82) is 0 Å². The van der Waals surface area contributed by atoms with Gasteiger partial charge in [-0.3, -0.25) is 10.1 Å². The SMILES string of the molecule is CC(C)(C)OC(=O)Nc1cccc(/C=C/c2ccc(C=O)cc2)c1. The zero-order valence-electron chi connectivity index (χ0n) is 14.1. The number of rotatable bonds is 4. The van der Waals surface area contributed by atoms with Crippen LogP contribution in [-0.2, 0) is 4.74 Å². The molecule has 0 aliphatic carbocycles. The molecule has 24 heavy (non-hydrogen) atoms. The molecule has 0 bridgehead atoms. The van der Waals surface area contributed by atoms with Crippen molar-refractivity contribution in [3.05, 3.63) is 65.2 Å². The summed E-state index contributed by atoms with van der Waals surface area (Å²) in [6.45, 7) is 5.46. The number of carbonyl (C=O) groups is 2. The van der Waals surface area contributed by atoms with Gasteiger partial charge in [0.15, 0.2) is 0 Å². The van der Waals surface area contributed by atoms with E-state index in [2.05, 4.69) is 5.32 Å². The van der Waals surface area contributed by atoms with Gasteiger partial charge in [-0.15, -0.1) is 0 Å². The van der Waals surface area contributed by atoms with E-state index in [1.54, 1.807) is 18.2 Å². The first kappa shape index (κ1) is 17.5. The Balaban J connectivity index is 2.05. The van der Waals surface area contributed by atoms with E-state index in [0.29, 0.717) is 11.3 Å². The van der Waals surface area contributed by atoms with Crippen molar-refractivity contribution in [3.63, 3.8) is 0 Å². The van der Waals surface area contributed by atoms with Crippen LogP contribution in [0.15, 0.2) is 48.5 Å². The first-order chi connectivity index (χ1) is 11.4. The predicted molar refractivity (Wildman–Crippen MR) is 97.1 cm³/mol. The van der Waals surface area contributed by atoms with E-state index in [4.69, 9.17) is 4.74 Å². The summed E-state index contributed by atoms with van der Waals surface area (Å²) in [6, 6.07) is 14.8. The van der Waals surface area contributed by atoms with Crippen molar-refractivity contribution in [1.82, 2.24) is 0 Å². The smallest absolute Gasteiger partial charge is 0.412 e. The van der Waals surface area contributed by atoms with Crippen LogP contribution in [0, 0.1) is 0 Å². The van der Waals surface area contributed by atoms with Crippen LogP contribution >= 0.6 is 0 Å². The van der Waals surface area contributed by atoms with Gasteiger partial charge in [0.05, 0.1) is 0 Å². The second-order valence-electron chi connectivity index (χ2n) is 6.37. The van der Waals surface area contributed by atoms with E-state index in [-0.39, 0.29) is 0 Å². The van der Waals surface area contributed by atoms with E-state index in [0.717, 1.165) is 17.4 Å². The second kappa shape index (κ2) is 7.59. The molecule has 0 fully saturated rings. The van der Waals surface area contributed by atoms with Crippen LogP contribution in [0.25, 0.3) is 12.2 Å². The largest absolute Gasteiger partial charge is 0.444 e. The third-order valence-electron chi connectivity index (χ3n) is 3.07. The summed E-state index contributed by atoms with van der Waals surface area (Å²) in [4.78, 5) is 22.4. The lowest BCUT2D eigenvalue weighted by Crippen LogP contribution is -2.27. The average Bonchev–Trinajstić information content (AvgIpc) is 2.52. The van der Waals surface area contributed by atoms with Crippen molar-refractivity contribution in [3.8, 4) is 0 Å². The van der Waals surface area contributed by atoms with Crippen LogP contribution in [0.1, 0.15) is 42.3 Å². The normalized spacial score (nSPS) is 11.3. The van der Waals surface area contributed by atoms with Crippen LogP contribution in [0.2, 0.25) is 0 Å². The molecular formula is C20H21NO3. The number of hydrogen-bond acceptors (Lipinski definition) is 3. The highest BCUT2D eigenvalue weighted by Crippen LogP contribution is 2.16. The lowest BCUT2D eigenvalue weighted by Gasteiger charge is -2.19. The molecule has 2 aromatic carbocycles. The van der Waals surface area contributed by atoms with Gasteiger partial charge in [0.1, 0.15) is 11.9 Å². The number of ether oxygens (including phenoxy) is 1. The summed E-state index contributed by atoms with van der Waals surface area (Å²) in [5.74, 6) is 0. The highest BCUT2D eigenvalue weighted by atomic mass is 16.6. The summed E-state index contributed by atoms with van der Waals surface area (Å²) in [5, 5.41) is 2.72. The quantitative estimate of drug-likeness (QED) is 0.635. The molecule has 2 aromatic rings. The zero-order valence-corrected chi connectivity index (χ0v) is 14.1. The highest BCUT2D eigenvalue weighted by molar-refractivity contribution is 5.85. The summed E-state index contributed by atoms with van der Waals surface area (Å²) < 4.78 is 5.24. The summed E-state index contributed by atoms with van der Waals surface area (Å²) in [6.07, 6.45) is 4.23. The Morgan fingerprint density at radius 3 is 2.21 bits per heavy atom. The monoisotopic (exact) mass is 323 g/mol. The maximum atomic E-state index is 11.8. The molecule has 0 aliphatic heterocycles. The fraction of sp³-hybridized carbons (Fsp3) is 0.200. The molecule has 0 heterocycles. The van der Waals surface area contributed by atoms with Gasteiger partial charge in [-0.2, -0.15) is 0 Å². The van der Waals surface area contributed by atoms with Crippen molar-refractivity contribution in [2.45, 2.75) is 26.4 Å². The number of nitrogens with one attached hydrogen (secondary N) is 1. The topological polar surface area (TPSA) is 55.4 Å². The number of hydrogen-bond donors (Lipinski definition) is 1. The molecule has 1 N–H and O–H groups in total. The molecule has 4 heteroatoms. The fourth-order valence-corrected chi connectivity index (χ4v) is 2.02. The lowest BCUT2D eigenvalue weighted by molar-refractivity contribution is 0.0636. The van der Waals surface area contributed by atoms with Gasteiger partial charge in [-0.05, 0) is 44.0 Å². The van der Waals surface area contributed by atoms with Gasteiger partial charge in [0, 0.05) is 11.3 Å². The molecule has 2 rings (SSSR count). The molecule has 0 unspecified atom stereocenters. The fourth-order valence-electron chi connectivity index (χ4n) is 2.02. The second-order valence-corrected chi connectivity index (χ2v) is 6.37. The van der Waals surface area contributed by atoms with Gasteiger partial charge >= 0.3 is 6.09 Å². The van der Waals surface area contributed by atoms with E-state index in [1.165, 1.54) is 0 Å². The average molecular weight is 323 g/mol. The van der Waals surface area contributed by atoms with Gasteiger partial charge in [0.2, 0.25) is 0 Å². The standard InChI is InChI=1S/C20H21NO3/c1-20(2,3)24-19(23)21-18-6-4-5-16(13-18)10-7-15-8-11-17(14-22)12-9-15/h4-14H,1-3H3,(H,21,23)/b10-7+. The minimum atomic E-state index is -0.532. The first-order valence-electron chi connectivity index (χ1n) is 7.69. The molecule has 124 valence electrons. The predicted octanol–water partition coefficient (Wildman–Crippen LogP) is 5.02. The van der Waals surface area contributed by atoms with Crippen molar-refractivity contribution in [2.24, 2.45) is 0 Å². The molecule has 0 saturated heterocycles. The Labute approximate surface area is 142 Å². The summed E-state index contributed by atoms with van der Waals surface area (Å²) in [5.41, 5.74) is 2.72. The number of aldehydes is 1. The van der Waals surface area contributed by atoms with E-state index < -0.39 is 11.7 Å². The Hall–Kier alpha value is -2.88. The van der Waals surface area contributed by atoms with Crippen molar-refractivity contribution in [2.75, 3.05) is 5.32 Å². The molecule has 0 aliphatic rings. The molecule has 4 nitrogen and oxygen atoms in total. The minimum absolute atomic E-state index is 0.479. The number of anilines is 1. The van der Waals surface area contributed by atoms with Crippen LogP contribution in [0.3, 0.4) is 0 Å². The van der Waals surface area contributed by atoms with Gasteiger partial charge in [-0.25, -0.2) is 4.79 Å². The summed E-state index contributed by atoms with van der Waals surface area (Å²) in [7, 11) is 0. The Bertz CT molecular complexity index is 740. The molecule has 0 radical (unpaired) electrons. The maximum Gasteiger partial charge on any atom is 0.412 e. The number of carbonyl (C=O) groups excluding carboxylic acids is 2. The summed E-state index contributed by atoms with van der Waals surface area (Å²) >= 11 is 0. The Morgan fingerprint density at radius 1 is 0.958 bits per heavy atom. The van der Waals surface area contributed by atoms with E-state index >= 15 is 0 Å². The van der Waals surface area contributed by atoms with Crippen LogP contribution < -0.4 is 5.32 Å². The number of amides is 1. The molecule has 0 spiro atoms. The maximum absolute atomic E-state index is 11.8. The van der Waals surface area contributed by atoms with Gasteiger partial charge in [0.25, 0.3) is 0 Å². The van der Waals surface area contributed by atoms with Crippen molar-refractivity contribution < 1.29 is 14.3 Å². The molecule has 0 aromatic heterocycles. The van der Waals surface area contributed by atoms with Gasteiger partial charge < -0.3 is 4.74 Å². The molecule has 0 atom stereocenters. The van der Waals surface area contributed by atoms with Gasteiger partial charge in [-0.1, -0.05) is 48.6 Å². The zero-order chi connectivity index (χ0) is 17.6. The van der Waals surface area contributed by atoms with Crippen LogP contribution in [0.5, 0.6) is 0 Å². The lowest BCUT2D eigenvalue weighted by atomic mass is 10.1.